The number of carboxylic acids is 1. The van der Waals surface area contributed by atoms with Crippen molar-refractivity contribution in [2.75, 3.05) is 20.0 Å². The Morgan fingerprint density at radius 2 is 1.45 bits per heavy atom. The van der Waals surface area contributed by atoms with Crippen molar-refractivity contribution in [3.8, 4) is 51.2 Å². The zero-order chi connectivity index (χ0) is 29.0. The van der Waals surface area contributed by atoms with Gasteiger partial charge in [-0.05, 0) is 50.6 Å². The monoisotopic (exact) mass is 541 g/mol. The molecule has 1 aliphatic rings. The number of ketones is 2. The van der Waals surface area contributed by atoms with Gasteiger partial charge >= 0.3 is 5.97 Å². The summed E-state index contributed by atoms with van der Waals surface area (Å²) in [6.07, 6.45) is 0. The third-order valence-electron chi connectivity index (χ3n) is 6.80. The quantitative estimate of drug-likeness (QED) is 0.312. The first kappa shape index (κ1) is 26.2. The lowest BCUT2D eigenvalue weighted by atomic mass is 9.91. The summed E-state index contributed by atoms with van der Waals surface area (Å²) in [7, 11) is 2.76. The molecule has 0 atom stereocenters. The summed E-state index contributed by atoms with van der Waals surface area (Å²) in [5, 5.41) is 21.0. The number of hydrogen-bond acceptors (Lipinski definition) is 11. The highest BCUT2D eigenvalue weighted by Gasteiger charge is 2.35. The molecule has 0 unspecified atom stereocenters. The van der Waals surface area contributed by atoms with E-state index in [1.165, 1.54) is 39.3 Å². The van der Waals surface area contributed by atoms with Crippen LogP contribution in [0.4, 0.5) is 5.69 Å². The second-order valence-corrected chi connectivity index (χ2v) is 9.07. The van der Waals surface area contributed by atoms with Gasteiger partial charge in [0.25, 0.3) is 5.78 Å². The minimum atomic E-state index is -1.33. The normalized spacial score (nSPS) is 12.1. The van der Waals surface area contributed by atoms with Crippen LogP contribution in [0.5, 0.6) is 17.2 Å². The molecule has 3 aromatic heterocycles. The molecule has 0 saturated heterocycles. The van der Waals surface area contributed by atoms with Gasteiger partial charge in [0.2, 0.25) is 11.5 Å². The van der Waals surface area contributed by atoms with Crippen LogP contribution in [0.3, 0.4) is 0 Å². The average Bonchev–Trinajstić information content (AvgIpc) is 2.93. The van der Waals surface area contributed by atoms with E-state index in [2.05, 4.69) is 19.9 Å². The summed E-state index contributed by atoms with van der Waals surface area (Å²) >= 11 is 0. The number of aromatic carboxylic acids is 1. The Kier molecular flexibility index (Phi) is 6.17. The predicted octanol–water partition coefficient (Wildman–Crippen LogP) is 3.58. The number of ether oxygens (including phenoxy) is 2. The number of carboxylic acid groups (broad SMARTS) is 1. The summed E-state index contributed by atoms with van der Waals surface area (Å²) in [6.45, 7) is 4.91. The van der Waals surface area contributed by atoms with Crippen LogP contribution in [0, 0.1) is 20.8 Å². The molecule has 0 saturated carbocycles. The van der Waals surface area contributed by atoms with Crippen LogP contribution >= 0.6 is 0 Å². The summed E-state index contributed by atoms with van der Waals surface area (Å²) in [6, 6.07) is 5.88. The second kappa shape index (κ2) is 9.42. The van der Waals surface area contributed by atoms with Crippen molar-refractivity contribution in [3.63, 3.8) is 0 Å². The number of rotatable bonds is 5. The number of Topliss-reactive ketones (excluding diaryl/α,β-unsaturated/α-hetero) is 2. The SMILES string of the molecule is COc1ccc(-c2c(C)c(C(=O)O)nc(-c3ccc4c(n3)-c3nc(C)c(C)nc3C(=O)C4=O)c2N)c(O)c1OC. The van der Waals surface area contributed by atoms with E-state index >= 15 is 0 Å². The molecule has 4 N–H and O–H groups in total. The molecule has 4 aromatic rings. The largest absolute Gasteiger partial charge is 0.504 e. The number of carbonyl (C=O) groups excluding carboxylic acids is 2. The highest BCUT2D eigenvalue weighted by Crippen LogP contribution is 2.47. The van der Waals surface area contributed by atoms with Gasteiger partial charge in [0.05, 0.1) is 42.6 Å². The molecule has 1 aliphatic carbocycles. The molecule has 0 amide bonds. The minimum Gasteiger partial charge on any atom is -0.504 e. The van der Waals surface area contributed by atoms with Crippen LogP contribution in [-0.2, 0) is 0 Å². The van der Waals surface area contributed by atoms with Gasteiger partial charge in [-0.15, -0.1) is 0 Å². The van der Waals surface area contributed by atoms with Crippen molar-refractivity contribution in [1.82, 2.24) is 19.9 Å². The number of aromatic nitrogens is 4. The van der Waals surface area contributed by atoms with E-state index in [0.717, 1.165) is 0 Å². The fraction of sp³-hybridized carbons (Fsp3) is 0.179. The van der Waals surface area contributed by atoms with E-state index in [9.17, 15) is 24.6 Å². The number of phenols is 1. The van der Waals surface area contributed by atoms with E-state index in [1.807, 2.05) is 0 Å². The molecule has 0 bridgehead atoms. The average molecular weight is 542 g/mol. The smallest absolute Gasteiger partial charge is 0.354 e. The Bertz CT molecular complexity index is 1800. The molecule has 12 nitrogen and oxygen atoms in total. The molecule has 12 heteroatoms. The first-order valence-corrected chi connectivity index (χ1v) is 11.9. The molecule has 0 radical (unpaired) electrons. The molecule has 40 heavy (non-hydrogen) atoms. The first-order chi connectivity index (χ1) is 19.0. The summed E-state index contributed by atoms with van der Waals surface area (Å²) in [5.74, 6) is -2.94. The summed E-state index contributed by atoms with van der Waals surface area (Å²) in [4.78, 5) is 55.4. The number of methoxy groups -OCH3 is 2. The van der Waals surface area contributed by atoms with E-state index in [4.69, 9.17) is 15.2 Å². The lowest BCUT2D eigenvalue weighted by Crippen LogP contribution is -2.25. The first-order valence-electron chi connectivity index (χ1n) is 11.9. The molecule has 0 spiro atoms. The molecule has 5 rings (SSSR count). The number of aromatic hydroxyl groups is 1. The number of nitrogens with two attached hydrogens (primary N) is 1. The molecule has 0 fully saturated rings. The van der Waals surface area contributed by atoms with Crippen molar-refractivity contribution in [1.29, 1.82) is 0 Å². The zero-order valence-electron chi connectivity index (χ0n) is 22.1. The Morgan fingerprint density at radius 3 is 2.08 bits per heavy atom. The van der Waals surface area contributed by atoms with Gasteiger partial charge in [0, 0.05) is 11.1 Å². The van der Waals surface area contributed by atoms with Gasteiger partial charge in [-0.3, -0.25) is 9.59 Å². The highest BCUT2D eigenvalue weighted by molar-refractivity contribution is 6.52. The predicted molar refractivity (Wildman–Crippen MR) is 143 cm³/mol. The van der Waals surface area contributed by atoms with Crippen molar-refractivity contribution in [2.45, 2.75) is 20.8 Å². The van der Waals surface area contributed by atoms with Crippen LogP contribution in [0.1, 0.15) is 48.3 Å². The molecule has 1 aromatic carbocycles. The number of hydrogen-bond donors (Lipinski definition) is 3. The van der Waals surface area contributed by atoms with E-state index in [1.54, 1.807) is 19.9 Å². The summed E-state index contributed by atoms with van der Waals surface area (Å²) < 4.78 is 10.5. The maximum atomic E-state index is 12.8. The number of anilines is 1. The number of phenolic OH excluding ortho intramolecular Hbond substituents is 1. The van der Waals surface area contributed by atoms with Crippen LogP contribution < -0.4 is 15.2 Å². The molecule has 0 aliphatic heterocycles. The Hall–Kier alpha value is -5.39. The number of aryl methyl sites for hydroxylation is 2. The van der Waals surface area contributed by atoms with Crippen molar-refractivity contribution >= 4 is 23.2 Å². The van der Waals surface area contributed by atoms with Crippen LogP contribution in [0.2, 0.25) is 0 Å². The number of fused-ring (bicyclic) bond motifs is 3. The third-order valence-corrected chi connectivity index (χ3v) is 6.80. The zero-order valence-corrected chi connectivity index (χ0v) is 22.1. The highest BCUT2D eigenvalue weighted by atomic mass is 16.5. The van der Waals surface area contributed by atoms with Crippen molar-refractivity contribution in [2.24, 2.45) is 0 Å². The van der Waals surface area contributed by atoms with Crippen LogP contribution in [0.25, 0.3) is 33.9 Å². The fourth-order valence-corrected chi connectivity index (χ4v) is 4.67. The summed E-state index contributed by atoms with van der Waals surface area (Å²) in [5.41, 5.74) is 8.13. The van der Waals surface area contributed by atoms with Gasteiger partial charge in [-0.2, -0.15) is 0 Å². The fourth-order valence-electron chi connectivity index (χ4n) is 4.67. The number of nitrogen functional groups attached to an aromatic ring is 1. The second-order valence-electron chi connectivity index (χ2n) is 9.07. The van der Waals surface area contributed by atoms with E-state index < -0.39 is 17.5 Å². The minimum absolute atomic E-state index is 0.0158. The standard InChI is InChI=1S/C28H23N5O7/c1-10-17(13-7-9-16(39-4)27(40-5)25(13)35)18(29)21(33-19(10)28(37)38)15-8-6-14-20(32-15)22-23(26(36)24(14)34)31-12(3)11(2)30-22/h6-9,35H,29H2,1-5H3,(H,37,38). The maximum Gasteiger partial charge on any atom is 0.354 e. The van der Waals surface area contributed by atoms with Gasteiger partial charge in [-0.25, -0.2) is 24.7 Å². The van der Waals surface area contributed by atoms with Gasteiger partial charge in [0.1, 0.15) is 22.8 Å². The van der Waals surface area contributed by atoms with Crippen LogP contribution in [0.15, 0.2) is 24.3 Å². The number of pyridine rings is 2. The lowest BCUT2D eigenvalue weighted by Gasteiger charge is -2.20. The molecule has 202 valence electrons. The van der Waals surface area contributed by atoms with Crippen molar-refractivity contribution < 1.29 is 34.1 Å². The Balaban J connectivity index is 1.80. The number of benzene rings is 1. The number of nitrogens with zero attached hydrogens (tertiary/aromatic N) is 4. The molecular formula is C28H23N5O7. The number of carbonyl (C=O) groups is 3. The van der Waals surface area contributed by atoms with Gasteiger partial charge in [0.15, 0.2) is 17.2 Å². The molecule has 3 heterocycles. The Morgan fingerprint density at radius 1 is 0.800 bits per heavy atom. The van der Waals surface area contributed by atoms with Gasteiger partial charge in [-0.1, -0.05) is 0 Å². The maximum absolute atomic E-state index is 12.8. The van der Waals surface area contributed by atoms with E-state index in [0.29, 0.717) is 11.4 Å². The Labute approximate surface area is 227 Å². The lowest BCUT2D eigenvalue weighted by molar-refractivity contribution is 0.0689. The molecular weight excluding hydrogens is 518 g/mol. The topological polar surface area (TPSA) is 188 Å². The van der Waals surface area contributed by atoms with Gasteiger partial charge < -0.3 is 25.4 Å². The third kappa shape index (κ3) is 3.80. The van der Waals surface area contributed by atoms with E-state index in [-0.39, 0.29) is 79.4 Å². The van der Waals surface area contributed by atoms with Crippen LogP contribution in [-0.4, -0.2) is 61.9 Å². The van der Waals surface area contributed by atoms with Crippen molar-refractivity contribution in [3.05, 3.63) is 58.2 Å².